The van der Waals surface area contributed by atoms with Crippen LogP contribution in [-0.2, 0) is 16.1 Å². The number of nitrogens with one attached hydrogen (secondary N) is 1. The Bertz CT molecular complexity index is 952. The molecule has 1 fully saturated rings. The molecule has 2 heterocycles. The zero-order chi connectivity index (χ0) is 20.3. The highest BCUT2D eigenvalue weighted by molar-refractivity contribution is 5.84. The maximum absolute atomic E-state index is 12.3. The number of nitrogens with zero attached hydrogens (tertiary/aromatic N) is 2. The predicted octanol–water partition coefficient (Wildman–Crippen LogP) is 0.612. The standard InChI is InChI=1S/C19H19N3O6/c1-3-13-9-22(17-15(24)14(23)11(2)28-17)18(25)20-16(13)21-19(26)27-10-12-7-5-4-6-8-12/h1,4-9,11,14-15,17,23-24H,10H2,2H3,(H,20,21,25,26)/t11-,14?,15?,17-/m1/s1. The van der Waals surface area contributed by atoms with Crippen LogP contribution >= 0.6 is 0 Å². The van der Waals surface area contributed by atoms with Gasteiger partial charge in [0.2, 0.25) is 0 Å². The average Bonchev–Trinajstić information content (AvgIpc) is 2.94. The van der Waals surface area contributed by atoms with E-state index in [1.807, 2.05) is 18.2 Å². The molecular weight excluding hydrogens is 366 g/mol. The van der Waals surface area contributed by atoms with Gasteiger partial charge in [-0.3, -0.25) is 9.88 Å². The van der Waals surface area contributed by atoms with Crippen molar-refractivity contribution in [1.29, 1.82) is 0 Å². The second-order valence-corrected chi connectivity index (χ2v) is 6.24. The van der Waals surface area contributed by atoms with Gasteiger partial charge < -0.3 is 19.7 Å². The lowest BCUT2D eigenvalue weighted by Crippen LogP contribution is -2.36. The molecule has 0 saturated carbocycles. The van der Waals surface area contributed by atoms with Gasteiger partial charge in [0.15, 0.2) is 12.0 Å². The Hall–Kier alpha value is -3.19. The third kappa shape index (κ3) is 4.04. The largest absolute Gasteiger partial charge is 0.444 e. The Morgan fingerprint density at radius 3 is 2.68 bits per heavy atom. The van der Waals surface area contributed by atoms with Crippen molar-refractivity contribution < 1.29 is 24.5 Å². The van der Waals surface area contributed by atoms with Crippen LogP contribution in [-0.4, -0.2) is 44.2 Å². The van der Waals surface area contributed by atoms with Crippen LogP contribution in [0.1, 0.15) is 24.3 Å². The lowest BCUT2D eigenvalue weighted by molar-refractivity contribution is -0.0350. The molecule has 2 aromatic rings. The third-order valence-electron chi connectivity index (χ3n) is 4.29. The van der Waals surface area contributed by atoms with Crippen LogP contribution in [0, 0.1) is 12.3 Å². The first-order valence-electron chi connectivity index (χ1n) is 8.50. The van der Waals surface area contributed by atoms with Gasteiger partial charge in [0.1, 0.15) is 18.8 Å². The molecule has 1 aliphatic heterocycles. The van der Waals surface area contributed by atoms with Crippen molar-refractivity contribution in [3.05, 3.63) is 58.1 Å². The van der Waals surface area contributed by atoms with E-state index in [1.165, 1.54) is 6.20 Å². The van der Waals surface area contributed by atoms with E-state index in [-0.39, 0.29) is 18.0 Å². The summed E-state index contributed by atoms with van der Waals surface area (Å²) in [4.78, 5) is 28.1. The number of anilines is 1. The molecule has 2 unspecified atom stereocenters. The Labute approximate surface area is 160 Å². The Morgan fingerprint density at radius 1 is 1.36 bits per heavy atom. The molecule has 1 amide bonds. The van der Waals surface area contributed by atoms with Crippen LogP contribution in [0.2, 0.25) is 0 Å². The van der Waals surface area contributed by atoms with E-state index in [9.17, 15) is 19.8 Å². The van der Waals surface area contributed by atoms with Gasteiger partial charge in [-0.1, -0.05) is 36.3 Å². The zero-order valence-corrected chi connectivity index (χ0v) is 15.0. The van der Waals surface area contributed by atoms with Gasteiger partial charge in [0.25, 0.3) is 0 Å². The topological polar surface area (TPSA) is 123 Å². The van der Waals surface area contributed by atoms with Crippen LogP contribution in [0.15, 0.2) is 41.3 Å². The van der Waals surface area contributed by atoms with Gasteiger partial charge in [-0.2, -0.15) is 4.98 Å². The highest BCUT2D eigenvalue weighted by atomic mass is 16.6. The summed E-state index contributed by atoms with van der Waals surface area (Å²) < 4.78 is 11.5. The zero-order valence-electron chi connectivity index (χ0n) is 15.0. The van der Waals surface area contributed by atoms with Crippen molar-refractivity contribution in [2.24, 2.45) is 0 Å². The molecule has 9 heteroatoms. The molecule has 1 aliphatic rings. The molecule has 146 valence electrons. The summed E-state index contributed by atoms with van der Waals surface area (Å²) in [6, 6.07) is 9.05. The fraction of sp³-hybridized carbons (Fsp3) is 0.316. The van der Waals surface area contributed by atoms with E-state index in [2.05, 4.69) is 16.2 Å². The van der Waals surface area contributed by atoms with Gasteiger partial charge in [-0.15, -0.1) is 6.42 Å². The number of rotatable bonds is 4. The van der Waals surface area contributed by atoms with E-state index < -0.39 is 36.3 Å². The lowest BCUT2D eigenvalue weighted by Gasteiger charge is -2.18. The summed E-state index contributed by atoms with van der Waals surface area (Å²) in [5.41, 5.74) is 0.0575. The van der Waals surface area contributed by atoms with Crippen LogP contribution in [0.25, 0.3) is 0 Å². The normalized spacial score (nSPS) is 23.8. The number of carbonyl (C=O) groups is 1. The van der Waals surface area contributed by atoms with E-state index in [4.69, 9.17) is 15.9 Å². The first-order chi connectivity index (χ1) is 13.4. The van der Waals surface area contributed by atoms with Gasteiger partial charge in [-0.25, -0.2) is 9.59 Å². The number of hydrogen-bond acceptors (Lipinski definition) is 7. The van der Waals surface area contributed by atoms with Gasteiger partial charge >= 0.3 is 11.8 Å². The molecule has 1 aromatic heterocycles. The van der Waals surface area contributed by atoms with E-state index in [0.717, 1.165) is 10.1 Å². The van der Waals surface area contributed by atoms with Gasteiger partial charge in [-0.05, 0) is 12.5 Å². The SMILES string of the molecule is C#Cc1cn([C@@H]2O[C@H](C)C(O)C2O)c(=O)nc1NC(=O)OCc1ccccc1. The molecule has 1 saturated heterocycles. The maximum Gasteiger partial charge on any atom is 0.413 e. The summed E-state index contributed by atoms with van der Waals surface area (Å²) in [6.45, 7) is 1.60. The maximum atomic E-state index is 12.3. The molecule has 0 aliphatic carbocycles. The molecule has 1 aromatic carbocycles. The summed E-state index contributed by atoms with van der Waals surface area (Å²) in [5, 5.41) is 22.2. The van der Waals surface area contributed by atoms with Crippen LogP contribution in [0.4, 0.5) is 10.6 Å². The van der Waals surface area contributed by atoms with E-state index in [1.54, 1.807) is 19.1 Å². The summed E-state index contributed by atoms with van der Waals surface area (Å²) in [6.07, 6.45) is 1.55. The number of aromatic nitrogens is 2. The molecule has 0 spiro atoms. The molecule has 28 heavy (non-hydrogen) atoms. The molecule has 3 N–H and O–H groups in total. The van der Waals surface area contributed by atoms with Crippen molar-refractivity contribution in [2.45, 2.75) is 38.1 Å². The molecule has 0 bridgehead atoms. The van der Waals surface area contributed by atoms with Crippen molar-refractivity contribution >= 4 is 11.9 Å². The Morgan fingerprint density at radius 2 is 2.07 bits per heavy atom. The second-order valence-electron chi connectivity index (χ2n) is 6.24. The molecule has 0 radical (unpaired) electrons. The van der Waals surface area contributed by atoms with Crippen LogP contribution in [0.5, 0.6) is 0 Å². The minimum atomic E-state index is -1.32. The average molecular weight is 385 g/mol. The number of hydrogen-bond donors (Lipinski definition) is 3. The second kappa shape index (κ2) is 8.22. The molecule has 9 nitrogen and oxygen atoms in total. The Kier molecular flexibility index (Phi) is 5.75. The number of aliphatic hydroxyl groups is 2. The van der Waals surface area contributed by atoms with Crippen molar-refractivity contribution in [3.8, 4) is 12.3 Å². The van der Waals surface area contributed by atoms with Crippen molar-refractivity contribution in [2.75, 3.05) is 5.32 Å². The van der Waals surface area contributed by atoms with E-state index >= 15 is 0 Å². The van der Waals surface area contributed by atoms with Crippen molar-refractivity contribution in [1.82, 2.24) is 9.55 Å². The van der Waals surface area contributed by atoms with Crippen LogP contribution in [0.3, 0.4) is 0 Å². The monoisotopic (exact) mass is 385 g/mol. The number of amides is 1. The number of carbonyl (C=O) groups excluding carboxylic acids is 1. The smallest absolute Gasteiger partial charge is 0.413 e. The minimum absolute atomic E-state index is 0.0347. The fourth-order valence-corrected chi connectivity index (χ4v) is 2.77. The highest BCUT2D eigenvalue weighted by Gasteiger charge is 2.42. The minimum Gasteiger partial charge on any atom is -0.444 e. The number of benzene rings is 1. The van der Waals surface area contributed by atoms with Gasteiger partial charge in [0, 0.05) is 6.20 Å². The predicted molar refractivity (Wildman–Crippen MR) is 98.3 cm³/mol. The van der Waals surface area contributed by atoms with Crippen LogP contribution < -0.4 is 11.0 Å². The number of terminal acetylenes is 1. The fourth-order valence-electron chi connectivity index (χ4n) is 2.77. The number of aliphatic hydroxyl groups excluding tert-OH is 2. The number of ether oxygens (including phenoxy) is 2. The molecule has 4 atom stereocenters. The quantitative estimate of drug-likeness (QED) is 0.659. The van der Waals surface area contributed by atoms with Gasteiger partial charge in [0.05, 0.1) is 11.7 Å². The first kappa shape index (κ1) is 19.6. The lowest BCUT2D eigenvalue weighted by atomic mass is 10.1. The highest BCUT2D eigenvalue weighted by Crippen LogP contribution is 2.28. The third-order valence-corrected chi connectivity index (χ3v) is 4.29. The Balaban J connectivity index is 1.76. The summed E-state index contributed by atoms with van der Waals surface area (Å²) in [5.74, 6) is 2.16. The summed E-state index contributed by atoms with van der Waals surface area (Å²) in [7, 11) is 0. The van der Waals surface area contributed by atoms with Crippen molar-refractivity contribution in [3.63, 3.8) is 0 Å². The van der Waals surface area contributed by atoms with E-state index in [0.29, 0.717) is 0 Å². The molecule has 3 rings (SSSR count). The summed E-state index contributed by atoms with van der Waals surface area (Å²) >= 11 is 0. The molecular formula is C19H19N3O6. The first-order valence-corrected chi connectivity index (χ1v) is 8.50.